The van der Waals surface area contributed by atoms with Crippen molar-refractivity contribution in [3.8, 4) is 5.75 Å². The number of imidazole rings is 1. The zero-order chi connectivity index (χ0) is 14.4. The van der Waals surface area contributed by atoms with Crippen molar-refractivity contribution in [2.24, 2.45) is 13.0 Å². The summed E-state index contributed by atoms with van der Waals surface area (Å²) in [6.07, 6.45) is 3.71. The van der Waals surface area contributed by atoms with Gasteiger partial charge in [0.05, 0.1) is 0 Å². The van der Waals surface area contributed by atoms with Crippen molar-refractivity contribution in [3.05, 3.63) is 48.0 Å². The monoisotopic (exact) mass is 273 g/mol. The summed E-state index contributed by atoms with van der Waals surface area (Å²) in [5, 5.41) is 3.45. The minimum atomic E-state index is 0.491. The molecule has 1 heterocycles. The Morgan fingerprint density at radius 3 is 2.80 bits per heavy atom. The minimum absolute atomic E-state index is 0.491. The Kier molecular flexibility index (Phi) is 5.18. The number of hydrogen-bond acceptors (Lipinski definition) is 3. The molecule has 4 heteroatoms. The first-order valence-corrected chi connectivity index (χ1v) is 7.04. The zero-order valence-corrected chi connectivity index (χ0v) is 12.5. The lowest BCUT2D eigenvalue weighted by Gasteiger charge is -2.13. The van der Waals surface area contributed by atoms with E-state index in [1.165, 1.54) is 5.56 Å². The normalized spacial score (nSPS) is 11.0. The number of aromatic nitrogens is 2. The van der Waals surface area contributed by atoms with Gasteiger partial charge in [-0.1, -0.05) is 32.0 Å². The fourth-order valence-electron chi connectivity index (χ4n) is 1.96. The van der Waals surface area contributed by atoms with E-state index < -0.39 is 0 Å². The second-order valence-electron chi connectivity index (χ2n) is 5.38. The second kappa shape index (κ2) is 7.10. The number of ether oxygens (including phenoxy) is 1. The van der Waals surface area contributed by atoms with Crippen molar-refractivity contribution in [2.75, 3.05) is 6.54 Å². The molecule has 20 heavy (non-hydrogen) atoms. The number of nitrogens with zero attached hydrogens (tertiary/aromatic N) is 2. The summed E-state index contributed by atoms with van der Waals surface area (Å²) >= 11 is 0. The molecule has 0 spiro atoms. The maximum absolute atomic E-state index is 5.90. The van der Waals surface area contributed by atoms with Crippen LogP contribution in [0.4, 0.5) is 0 Å². The first kappa shape index (κ1) is 14.6. The lowest BCUT2D eigenvalue weighted by molar-refractivity contribution is 0.288. The van der Waals surface area contributed by atoms with Crippen LogP contribution in [0.2, 0.25) is 0 Å². The molecule has 0 radical (unpaired) electrons. The molecule has 2 rings (SSSR count). The summed E-state index contributed by atoms with van der Waals surface area (Å²) < 4.78 is 7.87. The molecule has 0 fully saturated rings. The summed E-state index contributed by atoms with van der Waals surface area (Å²) in [6.45, 7) is 6.74. The maximum atomic E-state index is 5.90. The molecule has 0 unspecified atom stereocenters. The largest absolute Gasteiger partial charge is 0.485 e. The Morgan fingerprint density at radius 2 is 2.10 bits per heavy atom. The lowest BCUT2D eigenvalue weighted by Crippen LogP contribution is -2.19. The number of hydrogen-bond donors (Lipinski definition) is 1. The van der Waals surface area contributed by atoms with Gasteiger partial charge >= 0.3 is 0 Å². The van der Waals surface area contributed by atoms with E-state index in [0.717, 1.165) is 24.7 Å². The second-order valence-corrected chi connectivity index (χ2v) is 5.38. The van der Waals surface area contributed by atoms with Crippen molar-refractivity contribution >= 4 is 0 Å². The number of aryl methyl sites for hydroxylation is 1. The van der Waals surface area contributed by atoms with Gasteiger partial charge in [-0.25, -0.2) is 4.98 Å². The molecule has 108 valence electrons. The predicted molar refractivity (Wildman–Crippen MR) is 80.5 cm³/mol. The van der Waals surface area contributed by atoms with Crippen molar-refractivity contribution in [1.29, 1.82) is 0 Å². The molecule has 0 saturated heterocycles. The van der Waals surface area contributed by atoms with E-state index in [0.29, 0.717) is 12.5 Å². The minimum Gasteiger partial charge on any atom is -0.485 e. The van der Waals surface area contributed by atoms with Gasteiger partial charge < -0.3 is 14.6 Å². The van der Waals surface area contributed by atoms with E-state index in [2.05, 4.69) is 30.2 Å². The molecule has 0 aliphatic carbocycles. The quantitative estimate of drug-likeness (QED) is 0.843. The van der Waals surface area contributed by atoms with Crippen LogP contribution in [0, 0.1) is 5.92 Å². The Bertz CT molecular complexity index is 534. The molecule has 4 nitrogen and oxygen atoms in total. The first-order chi connectivity index (χ1) is 9.66. The van der Waals surface area contributed by atoms with Gasteiger partial charge in [0.25, 0.3) is 0 Å². The van der Waals surface area contributed by atoms with Crippen LogP contribution in [0.3, 0.4) is 0 Å². The van der Waals surface area contributed by atoms with Crippen molar-refractivity contribution in [3.63, 3.8) is 0 Å². The Balaban J connectivity index is 1.95. The average Bonchev–Trinajstić information content (AvgIpc) is 2.83. The lowest BCUT2D eigenvalue weighted by atomic mass is 10.2. The van der Waals surface area contributed by atoms with Crippen molar-refractivity contribution in [1.82, 2.24) is 14.9 Å². The molecule has 1 N–H and O–H groups in total. The van der Waals surface area contributed by atoms with E-state index in [4.69, 9.17) is 4.74 Å². The standard InChI is InChI=1S/C16H23N3O/c1-13(2)10-17-11-14-6-4-5-7-15(14)20-12-16-18-8-9-19(16)3/h4-9,13,17H,10-12H2,1-3H3. The summed E-state index contributed by atoms with van der Waals surface area (Å²) in [4.78, 5) is 4.27. The van der Waals surface area contributed by atoms with Crippen LogP contribution in [0.5, 0.6) is 5.75 Å². The van der Waals surface area contributed by atoms with E-state index in [-0.39, 0.29) is 0 Å². The summed E-state index contributed by atoms with van der Waals surface area (Å²) in [6, 6.07) is 8.15. The maximum Gasteiger partial charge on any atom is 0.146 e. The predicted octanol–water partition coefficient (Wildman–Crippen LogP) is 2.74. The van der Waals surface area contributed by atoms with Gasteiger partial charge in [0.1, 0.15) is 18.2 Å². The van der Waals surface area contributed by atoms with Gasteiger partial charge in [0, 0.05) is 31.5 Å². The van der Waals surface area contributed by atoms with Crippen LogP contribution in [0.1, 0.15) is 25.2 Å². The SMILES string of the molecule is CC(C)CNCc1ccccc1OCc1nccn1C. The molecular weight excluding hydrogens is 250 g/mol. The number of para-hydroxylation sites is 1. The molecule has 1 aromatic heterocycles. The van der Waals surface area contributed by atoms with Crippen LogP contribution in [0.15, 0.2) is 36.7 Å². The number of benzene rings is 1. The Morgan fingerprint density at radius 1 is 1.30 bits per heavy atom. The third-order valence-corrected chi connectivity index (χ3v) is 3.12. The van der Waals surface area contributed by atoms with Gasteiger partial charge in [-0.15, -0.1) is 0 Å². The van der Waals surface area contributed by atoms with Gasteiger partial charge in [0.2, 0.25) is 0 Å². The molecule has 0 saturated carbocycles. The highest BCUT2D eigenvalue weighted by Gasteiger charge is 2.05. The summed E-state index contributed by atoms with van der Waals surface area (Å²) in [5.41, 5.74) is 1.18. The molecule has 1 aromatic carbocycles. The van der Waals surface area contributed by atoms with Gasteiger partial charge in [-0.2, -0.15) is 0 Å². The van der Waals surface area contributed by atoms with E-state index in [1.807, 2.05) is 36.0 Å². The molecule has 2 aromatic rings. The fraction of sp³-hybridized carbons (Fsp3) is 0.438. The highest BCUT2D eigenvalue weighted by atomic mass is 16.5. The molecule has 0 amide bonds. The highest BCUT2D eigenvalue weighted by Crippen LogP contribution is 2.19. The van der Waals surface area contributed by atoms with Gasteiger partial charge in [-0.3, -0.25) is 0 Å². The zero-order valence-electron chi connectivity index (χ0n) is 12.5. The Labute approximate surface area is 120 Å². The van der Waals surface area contributed by atoms with Crippen LogP contribution in [0.25, 0.3) is 0 Å². The van der Waals surface area contributed by atoms with E-state index >= 15 is 0 Å². The topological polar surface area (TPSA) is 39.1 Å². The number of rotatable bonds is 7. The fourth-order valence-corrected chi connectivity index (χ4v) is 1.96. The Hall–Kier alpha value is -1.81. The smallest absolute Gasteiger partial charge is 0.146 e. The summed E-state index contributed by atoms with van der Waals surface area (Å²) in [7, 11) is 1.97. The highest BCUT2D eigenvalue weighted by molar-refractivity contribution is 5.33. The molecule has 0 bridgehead atoms. The third-order valence-electron chi connectivity index (χ3n) is 3.12. The third kappa shape index (κ3) is 4.10. The molecular formula is C16H23N3O. The molecule has 0 aliphatic heterocycles. The van der Waals surface area contributed by atoms with E-state index in [1.54, 1.807) is 6.20 Å². The van der Waals surface area contributed by atoms with Gasteiger partial charge in [0.15, 0.2) is 0 Å². The van der Waals surface area contributed by atoms with Crippen molar-refractivity contribution in [2.45, 2.75) is 27.0 Å². The first-order valence-electron chi connectivity index (χ1n) is 7.04. The van der Waals surface area contributed by atoms with Crippen molar-refractivity contribution < 1.29 is 4.74 Å². The summed E-state index contributed by atoms with van der Waals surface area (Å²) in [5.74, 6) is 2.50. The molecule has 0 atom stereocenters. The average molecular weight is 273 g/mol. The van der Waals surface area contributed by atoms with Gasteiger partial charge in [-0.05, 0) is 18.5 Å². The number of nitrogens with one attached hydrogen (secondary N) is 1. The van der Waals surface area contributed by atoms with Crippen LogP contribution in [-0.2, 0) is 20.2 Å². The molecule has 0 aliphatic rings. The van der Waals surface area contributed by atoms with E-state index in [9.17, 15) is 0 Å². The van der Waals surface area contributed by atoms with Crippen LogP contribution in [-0.4, -0.2) is 16.1 Å². The van der Waals surface area contributed by atoms with Crippen LogP contribution < -0.4 is 10.1 Å². The van der Waals surface area contributed by atoms with Crippen LogP contribution >= 0.6 is 0 Å².